The van der Waals surface area contributed by atoms with Gasteiger partial charge in [0, 0.05) is 77.9 Å². The lowest BCUT2D eigenvalue weighted by molar-refractivity contribution is 0.590. The second-order valence-electron chi connectivity index (χ2n) is 23.2. The number of aromatic nitrogens is 2. The van der Waals surface area contributed by atoms with Crippen LogP contribution in [0.3, 0.4) is 0 Å². The molecule has 0 radical (unpaired) electrons. The van der Waals surface area contributed by atoms with Crippen LogP contribution in [-0.2, 0) is 5.41 Å². The van der Waals surface area contributed by atoms with Crippen LogP contribution in [0.5, 0.6) is 0 Å². The Kier molecular flexibility index (Phi) is 8.39. The highest BCUT2D eigenvalue weighted by Crippen LogP contribution is 2.54. The summed E-state index contributed by atoms with van der Waals surface area (Å²) in [6.45, 7) is 5.77. The number of nitrogens with zero attached hydrogens (tertiary/aromatic N) is 4. The number of fused-ring (bicyclic) bond motifs is 10. The van der Waals surface area contributed by atoms with Crippen LogP contribution in [0.25, 0.3) is 99.5 Å². The minimum absolute atomic E-state index is 0.0417. The maximum atomic E-state index is 9.71. The highest BCUT2D eigenvalue weighted by molar-refractivity contribution is 7.00. The maximum Gasteiger partial charge on any atom is 0.252 e. The zero-order valence-electron chi connectivity index (χ0n) is 63.5. The predicted molar refractivity (Wildman–Crippen MR) is 370 cm³/mol. The van der Waals surface area contributed by atoms with Gasteiger partial charge in [0.15, 0.2) is 0 Å². The zero-order chi connectivity index (χ0) is 71.8. The molecule has 17 rings (SSSR count). The van der Waals surface area contributed by atoms with Crippen molar-refractivity contribution in [3.05, 3.63) is 308 Å². The summed E-state index contributed by atoms with van der Waals surface area (Å²) in [6.07, 6.45) is 0. The average Bonchev–Trinajstić information content (AvgIpc) is 1.43. The molecule has 2 aromatic heterocycles. The van der Waals surface area contributed by atoms with Crippen molar-refractivity contribution < 1.29 is 21.9 Å². The first-order chi connectivity index (χ1) is 49.5. The zero-order valence-corrected chi connectivity index (χ0v) is 47.5. The van der Waals surface area contributed by atoms with Crippen LogP contribution in [0, 0.1) is 0 Å². The highest BCUT2D eigenvalue weighted by atomic mass is 15.2. The lowest BCUT2D eigenvalue weighted by Crippen LogP contribution is -2.61. The lowest BCUT2D eigenvalue weighted by atomic mass is 9.33. The molecular formula is C82H59BN4. The maximum absolute atomic E-state index is 9.71. The van der Waals surface area contributed by atoms with Gasteiger partial charge in [0.2, 0.25) is 0 Å². The van der Waals surface area contributed by atoms with Gasteiger partial charge in [-0.25, -0.2) is 0 Å². The van der Waals surface area contributed by atoms with E-state index in [1.54, 1.807) is 9.13 Å². The third kappa shape index (κ3) is 7.93. The van der Waals surface area contributed by atoms with Gasteiger partial charge in [-0.2, -0.15) is 0 Å². The van der Waals surface area contributed by atoms with Crippen molar-refractivity contribution in [3.63, 3.8) is 0 Å². The third-order valence-electron chi connectivity index (χ3n) is 17.3. The highest BCUT2D eigenvalue weighted by Gasteiger charge is 2.46. The Hall–Kier alpha value is -10.9. The quantitative estimate of drug-likeness (QED) is 0.141. The second kappa shape index (κ2) is 19.9. The molecular weight excluding hydrogens is 1050 g/mol. The molecule has 2 aliphatic rings. The summed E-state index contributed by atoms with van der Waals surface area (Å²) in [7, 11) is 0. The van der Waals surface area contributed by atoms with Crippen molar-refractivity contribution in [2.45, 2.75) is 26.2 Å². The largest absolute Gasteiger partial charge is 0.310 e. The fraction of sp³-hybridized carbons (Fsp3) is 0.0488. The van der Waals surface area contributed by atoms with Crippen LogP contribution >= 0.6 is 0 Å². The molecule has 0 unspecified atom stereocenters. The average molecular weight is 1130 g/mol. The smallest absolute Gasteiger partial charge is 0.252 e. The minimum atomic E-state index is -0.715. The Morgan fingerprint density at radius 1 is 0.322 bits per heavy atom. The van der Waals surface area contributed by atoms with Gasteiger partial charge in [-0.1, -0.05) is 263 Å². The topological polar surface area (TPSA) is 16.3 Å². The summed E-state index contributed by atoms with van der Waals surface area (Å²) in [6, 6.07) is 61.1. The summed E-state index contributed by atoms with van der Waals surface area (Å²) in [5.41, 5.74) is 14.5. The normalized spacial score (nSPS) is 15.3. The Morgan fingerprint density at radius 3 is 0.943 bits per heavy atom. The molecule has 15 aromatic rings. The number of benzene rings is 13. The number of anilines is 6. The van der Waals surface area contributed by atoms with Crippen LogP contribution in [0.1, 0.15) is 48.3 Å². The number of hydrogen-bond acceptors (Lipinski definition) is 2. The van der Waals surface area contributed by atoms with E-state index in [1.165, 1.54) is 0 Å². The van der Waals surface area contributed by atoms with Crippen LogP contribution in [0.4, 0.5) is 34.1 Å². The molecule has 0 N–H and O–H groups in total. The first-order valence-electron chi connectivity index (χ1n) is 37.1. The monoisotopic (exact) mass is 1130 g/mol. The van der Waals surface area contributed by atoms with E-state index < -0.39 is 109 Å². The Morgan fingerprint density at radius 2 is 0.632 bits per heavy atom. The van der Waals surface area contributed by atoms with Crippen LogP contribution in [-0.4, -0.2) is 15.8 Å². The summed E-state index contributed by atoms with van der Waals surface area (Å²) < 4.78 is 152. The molecule has 0 atom stereocenters. The molecule has 2 aliphatic heterocycles. The summed E-state index contributed by atoms with van der Waals surface area (Å²) in [5, 5.41) is -0.258. The summed E-state index contributed by atoms with van der Waals surface area (Å²) >= 11 is 0. The van der Waals surface area contributed by atoms with E-state index in [-0.39, 0.29) is 43.6 Å². The van der Waals surface area contributed by atoms with Gasteiger partial charge in [-0.3, -0.25) is 0 Å². The third-order valence-corrected chi connectivity index (χ3v) is 17.3. The van der Waals surface area contributed by atoms with E-state index in [9.17, 15) is 11.0 Å². The van der Waals surface area contributed by atoms with E-state index >= 15 is 0 Å². The fourth-order valence-electron chi connectivity index (χ4n) is 13.5. The van der Waals surface area contributed by atoms with E-state index in [0.29, 0.717) is 22.7 Å². The molecule has 0 saturated carbocycles. The van der Waals surface area contributed by atoms with Gasteiger partial charge in [-0.05, 0) is 110 Å². The number of rotatable bonds is 8. The first-order valence-corrected chi connectivity index (χ1v) is 29.1. The molecule has 0 bridgehead atoms. The van der Waals surface area contributed by atoms with E-state index in [0.717, 1.165) is 89.2 Å². The Labute approximate surface area is 530 Å². The molecule has 87 heavy (non-hydrogen) atoms. The van der Waals surface area contributed by atoms with Crippen LogP contribution in [0.2, 0.25) is 0 Å². The molecule has 0 fully saturated rings. The van der Waals surface area contributed by atoms with Gasteiger partial charge in [0.25, 0.3) is 6.71 Å². The molecule has 0 aliphatic carbocycles. The molecule has 4 nitrogen and oxygen atoms in total. The molecule has 0 amide bonds. The lowest BCUT2D eigenvalue weighted by Gasteiger charge is -2.46. The van der Waals surface area contributed by atoms with Crippen molar-refractivity contribution in [2.24, 2.45) is 0 Å². The van der Waals surface area contributed by atoms with Crippen molar-refractivity contribution in [2.75, 3.05) is 9.80 Å². The van der Waals surface area contributed by atoms with Crippen molar-refractivity contribution in [3.8, 4) is 55.9 Å². The van der Waals surface area contributed by atoms with Crippen LogP contribution in [0.15, 0.2) is 303 Å². The fourth-order valence-corrected chi connectivity index (χ4v) is 13.5. The molecule has 410 valence electrons. The van der Waals surface area contributed by atoms with Gasteiger partial charge < -0.3 is 18.9 Å². The molecule has 4 heterocycles. The number of hydrogen-bond donors (Lipinski definition) is 0. The summed E-state index contributed by atoms with van der Waals surface area (Å²) in [5.74, 6) is 0. The van der Waals surface area contributed by atoms with E-state index in [1.807, 2.05) is 121 Å². The minimum Gasteiger partial charge on any atom is -0.310 e. The second-order valence-corrected chi connectivity index (χ2v) is 23.2. The molecule has 13 aromatic carbocycles. The van der Waals surface area contributed by atoms with Gasteiger partial charge >= 0.3 is 0 Å². The first kappa shape index (κ1) is 36.7. The SMILES string of the molecule is [2H]c1c([2H])c([2H])c2c(c1[2H])c1c([2H])c([2H])c([2H])c([2H])c1n2-c1ccc2c(c1)N(c1c(-c3ccccc3)cccc1-c1ccccc1)c1cc(C(C)(C)C)cc3c1B2c1ccc(-n2c4c([2H])c([2H])c([2H])c([2H])c4c4c([2H])c([2H])c([2H])c([2H])c42)cc1N3c1c(-c2ccccc2)cccc1-c1ccccc1. The molecule has 5 heteroatoms. The van der Waals surface area contributed by atoms with Crippen molar-refractivity contribution in [1.29, 1.82) is 0 Å². The van der Waals surface area contributed by atoms with Crippen molar-refractivity contribution in [1.82, 2.24) is 9.13 Å². The number of para-hydroxylation sites is 6. The predicted octanol–water partition coefficient (Wildman–Crippen LogP) is 19.9. The summed E-state index contributed by atoms with van der Waals surface area (Å²) in [4.78, 5) is 4.59. The van der Waals surface area contributed by atoms with Crippen molar-refractivity contribution >= 4 is 101 Å². The van der Waals surface area contributed by atoms with Crippen LogP contribution < -0.4 is 26.2 Å². The van der Waals surface area contributed by atoms with Gasteiger partial charge in [-0.15, -0.1) is 0 Å². The van der Waals surface area contributed by atoms with E-state index in [4.69, 9.17) is 11.0 Å². The van der Waals surface area contributed by atoms with Gasteiger partial charge in [0.1, 0.15) is 0 Å². The van der Waals surface area contributed by atoms with Gasteiger partial charge in [0.05, 0.1) is 55.4 Å². The van der Waals surface area contributed by atoms with E-state index in [2.05, 4.69) is 116 Å². The molecule has 0 spiro atoms. The molecule has 0 saturated heterocycles. The standard InChI is InChI=1S/C82H59BN4/c1-82(2,3)58-50-77-79-78(51-58)87(81-63(56-30-12-6-13-31-56)40-25-41-64(81)57-32-14-7-15-33-57)76-53-60(85-73-44-22-18-36-67(73)68-37-19-23-45-74(68)85)47-49-70(76)83(79)69-48-46-59(84-71-42-20-16-34-65(71)66-35-17-21-43-72(66)84)52-75(69)86(77)80-61(54-26-8-4-9-27-54)38-24-39-62(80)55-28-10-5-11-29-55/h4-53H,1-3H3/i16D,17D,18D,19D,20D,21D,22D,23D,34D,35D,36D,37D,42D,43D,44D,45D. The Balaban J connectivity index is 1.08. The Bertz CT molecular complexity index is 5560.